The molecule has 0 radical (unpaired) electrons. The molecule has 3 aromatic rings. The fourth-order valence-corrected chi connectivity index (χ4v) is 2.36. The molecule has 0 unspecified atom stereocenters. The van der Waals surface area contributed by atoms with Crippen LogP contribution >= 0.6 is 0 Å². The average Bonchev–Trinajstić information content (AvgIpc) is 2.67. The summed E-state index contributed by atoms with van der Waals surface area (Å²) in [6.45, 7) is 0.816. The Morgan fingerprint density at radius 3 is 2.72 bits per heavy atom. The molecule has 2 heterocycles. The normalized spacial score (nSPS) is 10.3. The van der Waals surface area contributed by atoms with Crippen LogP contribution in [0.3, 0.4) is 0 Å². The van der Waals surface area contributed by atoms with Crippen molar-refractivity contribution in [3.8, 4) is 5.75 Å². The Bertz CT molecular complexity index is 811. The minimum absolute atomic E-state index is 0.428. The van der Waals surface area contributed by atoms with Gasteiger partial charge in [0.05, 0.1) is 19.0 Å². The van der Waals surface area contributed by atoms with Crippen LogP contribution in [0.25, 0.3) is 0 Å². The lowest BCUT2D eigenvalue weighted by Crippen LogP contribution is -2.22. The second kappa shape index (κ2) is 8.05. The van der Waals surface area contributed by atoms with E-state index in [1.807, 2.05) is 48.3 Å². The number of hydrogen-bond acceptors (Lipinski definition) is 7. The summed E-state index contributed by atoms with van der Waals surface area (Å²) in [5.74, 6) is 1.90. The highest BCUT2D eigenvalue weighted by Crippen LogP contribution is 2.25. The summed E-state index contributed by atoms with van der Waals surface area (Å²) in [6, 6.07) is 11.6. The van der Waals surface area contributed by atoms with E-state index in [1.54, 1.807) is 25.7 Å². The van der Waals surface area contributed by atoms with Crippen molar-refractivity contribution in [2.75, 3.05) is 30.9 Å². The Hall–Kier alpha value is -3.22. The largest absolute Gasteiger partial charge is 0.495 e. The van der Waals surface area contributed by atoms with E-state index in [1.165, 1.54) is 5.56 Å². The van der Waals surface area contributed by atoms with Gasteiger partial charge in [0.1, 0.15) is 5.75 Å². The van der Waals surface area contributed by atoms with Gasteiger partial charge in [-0.3, -0.25) is 4.98 Å². The summed E-state index contributed by atoms with van der Waals surface area (Å²) in [4.78, 5) is 10.6. The molecular formula is C18H20N6O. The van der Waals surface area contributed by atoms with E-state index < -0.39 is 0 Å². The smallest absolute Gasteiger partial charge is 0.249 e. The number of nitrogens with one attached hydrogen (secondary N) is 1. The second-order valence-electron chi connectivity index (χ2n) is 5.49. The van der Waals surface area contributed by atoms with Gasteiger partial charge in [-0.2, -0.15) is 10.1 Å². The molecule has 0 amide bonds. The van der Waals surface area contributed by atoms with Crippen LogP contribution in [0, 0.1) is 0 Å². The number of aromatic nitrogens is 4. The first-order valence-corrected chi connectivity index (χ1v) is 7.96. The Morgan fingerprint density at radius 1 is 1.12 bits per heavy atom. The standard InChI is InChI=1S/C18H20N6O/c1-24(12-9-14-7-10-19-11-8-14)17-13-20-23-18(22-17)21-15-5-3-4-6-16(15)25-2/h3-8,10-11,13H,9,12H2,1-2H3,(H,21,22,23). The van der Waals surface area contributed by atoms with E-state index in [2.05, 4.69) is 25.5 Å². The Morgan fingerprint density at radius 2 is 1.92 bits per heavy atom. The molecular weight excluding hydrogens is 316 g/mol. The van der Waals surface area contributed by atoms with E-state index in [0.29, 0.717) is 5.95 Å². The maximum atomic E-state index is 5.33. The zero-order valence-corrected chi connectivity index (χ0v) is 14.3. The zero-order chi connectivity index (χ0) is 17.5. The van der Waals surface area contributed by atoms with Gasteiger partial charge < -0.3 is 15.0 Å². The van der Waals surface area contributed by atoms with Crippen LogP contribution in [0.15, 0.2) is 55.0 Å². The maximum absolute atomic E-state index is 5.33. The van der Waals surface area contributed by atoms with Gasteiger partial charge in [-0.1, -0.05) is 12.1 Å². The monoisotopic (exact) mass is 336 g/mol. The van der Waals surface area contributed by atoms with Gasteiger partial charge >= 0.3 is 0 Å². The van der Waals surface area contributed by atoms with Gasteiger partial charge in [-0.15, -0.1) is 5.10 Å². The maximum Gasteiger partial charge on any atom is 0.249 e. The van der Waals surface area contributed by atoms with E-state index in [9.17, 15) is 0 Å². The van der Waals surface area contributed by atoms with Crippen molar-refractivity contribution < 1.29 is 4.74 Å². The molecule has 1 aromatic carbocycles. The van der Waals surface area contributed by atoms with Gasteiger partial charge in [0, 0.05) is 26.0 Å². The van der Waals surface area contributed by atoms with Crippen molar-refractivity contribution in [2.45, 2.75) is 6.42 Å². The molecule has 3 rings (SSSR count). The fourth-order valence-electron chi connectivity index (χ4n) is 2.36. The first-order valence-electron chi connectivity index (χ1n) is 7.96. The molecule has 0 aliphatic carbocycles. The molecule has 0 atom stereocenters. The number of methoxy groups -OCH3 is 1. The number of para-hydroxylation sites is 2. The van der Waals surface area contributed by atoms with Gasteiger partial charge in [0.15, 0.2) is 5.82 Å². The molecule has 0 aliphatic rings. The van der Waals surface area contributed by atoms with Crippen molar-refractivity contribution >= 4 is 17.5 Å². The lowest BCUT2D eigenvalue weighted by molar-refractivity contribution is 0.417. The number of likely N-dealkylation sites (N-methyl/N-ethyl adjacent to an activating group) is 1. The number of rotatable bonds is 7. The number of ether oxygens (including phenoxy) is 1. The van der Waals surface area contributed by atoms with E-state index >= 15 is 0 Å². The predicted molar refractivity (Wildman–Crippen MR) is 97.3 cm³/mol. The number of nitrogens with zero attached hydrogens (tertiary/aromatic N) is 5. The Kier molecular flexibility index (Phi) is 5.36. The molecule has 128 valence electrons. The summed E-state index contributed by atoms with van der Waals surface area (Å²) in [7, 11) is 3.61. The van der Waals surface area contributed by atoms with E-state index in [-0.39, 0.29) is 0 Å². The third kappa shape index (κ3) is 4.41. The van der Waals surface area contributed by atoms with Crippen molar-refractivity contribution in [3.05, 3.63) is 60.6 Å². The van der Waals surface area contributed by atoms with Crippen LogP contribution in [0.5, 0.6) is 5.75 Å². The number of benzene rings is 1. The van der Waals surface area contributed by atoms with Crippen LogP contribution in [-0.2, 0) is 6.42 Å². The molecule has 0 aliphatic heterocycles. The molecule has 7 nitrogen and oxygen atoms in total. The van der Waals surface area contributed by atoms with Gasteiger partial charge in [0.2, 0.25) is 5.95 Å². The van der Waals surface area contributed by atoms with Crippen LogP contribution in [0.2, 0.25) is 0 Å². The molecule has 0 spiro atoms. The highest BCUT2D eigenvalue weighted by atomic mass is 16.5. The SMILES string of the molecule is COc1ccccc1Nc1nncc(N(C)CCc2ccncc2)n1. The summed E-state index contributed by atoms with van der Waals surface area (Å²) in [6.07, 6.45) is 6.16. The molecule has 0 saturated heterocycles. The minimum atomic E-state index is 0.428. The highest BCUT2D eigenvalue weighted by Gasteiger charge is 2.08. The van der Waals surface area contributed by atoms with Gasteiger partial charge in [0.25, 0.3) is 0 Å². The van der Waals surface area contributed by atoms with Crippen LogP contribution in [0.1, 0.15) is 5.56 Å². The Balaban J connectivity index is 1.68. The molecule has 0 saturated carbocycles. The number of pyridine rings is 1. The van der Waals surface area contributed by atoms with Crippen molar-refractivity contribution in [3.63, 3.8) is 0 Å². The lowest BCUT2D eigenvalue weighted by Gasteiger charge is -2.18. The summed E-state index contributed by atoms with van der Waals surface area (Å²) < 4.78 is 5.33. The Labute approximate surface area is 146 Å². The number of hydrogen-bond donors (Lipinski definition) is 1. The third-order valence-corrected chi connectivity index (χ3v) is 3.78. The third-order valence-electron chi connectivity index (χ3n) is 3.78. The minimum Gasteiger partial charge on any atom is -0.495 e. The zero-order valence-electron chi connectivity index (χ0n) is 14.3. The quantitative estimate of drug-likeness (QED) is 0.711. The molecule has 2 aromatic heterocycles. The summed E-state index contributed by atoms with van der Waals surface area (Å²) >= 11 is 0. The van der Waals surface area contributed by atoms with E-state index in [4.69, 9.17) is 4.74 Å². The molecule has 1 N–H and O–H groups in total. The highest BCUT2D eigenvalue weighted by molar-refractivity contribution is 5.62. The topological polar surface area (TPSA) is 76.1 Å². The van der Waals surface area contributed by atoms with E-state index in [0.717, 1.165) is 30.2 Å². The molecule has 0 bridgehead atoms. The fraction of sp³-hybridized carbons (Fsp3) is 0.222. The predicted octanol–water partition coefficient (Wildman–Crippen LogP) is 2.70. The van der Waals surface area contributed by atoms with Crippen LogP contribution in [0.4, 0.5) is 17.5 Å². The molecule has 7 heteroatoms. The van der Waals surface area contributed by atoms with Gasteiger partial charge in [-0.05, 0) is 36.2 Å². The summed E-state index contributed by atoms with van der Waals surface area (Å²) in [5.41, 5.74) is 2.03. The van der Waals surface area contributed by atoms with Gasteiger partial charge in [-0.25, -0.2) is 0 Å². The molecule has 0 fully saturated rings. The van der Waals surface area contributed by atoms with Crippen LogP contribution in [-0.4, -0.2) is 40.9 Å². The van der Waals surface area contributed by atoms with Crippen molar-refractivity contribution in [1.29, 1.82) is 0 Å². The summed E-state index contributed by atoms with van der Waals surface area (Å²) in [5, 5.41) is 11.2. The first kappa shape index (κ1) is 16.6. The number of anilines is 3. The van der Waals surface area contributed by atoms with Crippen LogP contribution < -0.4 is 15.0 Å². The van der Waals surface area contributed by atoms with Crippen molar-refractivity contribution in [1.82, 2.24) is 20.2 Å². The first-order chi connectivity index (χ1) is 12.3. The van der Waals surface area contributed by atoms with Crippen molar-refractivity contribution in [2.24, 2.45) is 0 Å². The molecule has 25 heavy (non-hydrogen) atoms. The lowest BCUT2D eigenvalue weighted by atomic mass is 10.2. The average molecular weight is 336 g/mol. The second-order valence-corrected chi connectivity index (χ2v) is 5.49.